The number of nitrogens with zero attached hydrogens (tertiary/aromatic N) is 3. The third-order valence-electron chi connectivity index (χ3n) is 4.37. The minimum absolute atomic E-state index is 0.219. The summed E-state index contributed by atoms with van der Waals surface area (Å²) < 4.78 is 13.5. The van der Waals surface area contributed by atoms with Crippen LogP contribution < -0.4 is 15.5 Å². The van der Waals surface area contributed by atoms with Crippen LogP contribution in [0, 0.1) is 5.82 Å². The van der Waals surface area contributed by atoms with Gasteiger partial charge in [-0.25, -0.2) is 9.37 Å². The fourth-order valence-electron chi connectivity index (χ4n) is 2.89. The van der Waals surface area contributed by atoms with Gasteiger partial charge in [-0.2, -0.15) is 0 Å². The summed E-state index contributed by atoms with van der Waals surface area (Å²) in [5.41, 5.74) is 3.16. The van der Waals surface area contributed by atoms with Crippen LogP contribution in [0.1, 0.15) is 11.1 Å². The topological polar surface area (TPSA) is 68.3 Å². The van der Waals surface area contributed by atoms with E-state index >= 15 is 0 Å². The van der Waals surface area contributed by atoms with Crippen molar-refractivity contribution in [2.24, 2.45) is 4.99 Å². The van der Waals surface area contributed by atoms with Crippen LogP contribution in [0.15, 0.2) is 47.7 Å². The first-order valence-corrected chi connectivity index (χ1v) is 8.89. The Labute approximate surface area is 158 Å². The molecule has 3 rings (SSSR count). The minimum atomic E-state index is -0.219. The van der Waals surface area contributed by atoms with Crippen molar-refractivity contribution >= 4 is 22.7 Å². The van der Waals surface area contributed by atoms with Crippen molar-refractivity contribution in [3.8, 4) is 0 Å². The number of pyridine rings is 1. The predicted molar refractivity (Wildman–Crippen MR) is 109 cm³/mol. The van der Waals surface area contributed by atoms with Gasteiger partial charge in [-0.1, -0.05) is 0 Å². The van der Waals surface area contributed by atoms with E-state index in [2.05, 4.69) is 25.6 Å². The van der Waals surface area contributed by atoms with Crippen LogP contribution in [-0.4, -0.2) is 43.6 Å². The third-order valence-corrected chi connectivity index (χ3v) is 4.37. The number of aromatic nitrogens is 2. The Hall–Kier alpha value is -3.09. The van der Waals surface area contributed by atoms with Crippen molar-refractivity contribution in [3.63, 3.8) is 0 Å². The van der Waals surface area contributed by atoms with Crippen LogP contribution in [0.25, 0.3) is 10.9 Å². The lowest BCUT2D eigenvalue weighted by molar-refractivity contribution is 0.629. The summed E-state index contributed by atoms with van der Waals surface area (Å²) in [5, 5.41) is 7.53. The van der Waals surface area contributed by atoms with Gasteiger partial charge in [-0.15, -0.1) is 0 Å². The van der Waals surface area contributed by atoms with E-state index in [4.69, 9.17) is 0 Å². The van der Waals surface area contributed by atoms with Crippen molar-refractivity contribution in [2.45, 2.75) is 13.0 Å². The van der Waals surface area contributed by atoms with Crippen LogP contribution >= 0.6 is 0 Å². The summed E-state index contributed by atoms with van der Waals surface area (Å²) in [7, 11) is 5.68. The molecule has 3 aromatic rings. The summed E-state index contributed by atoms with van der Waals surface area (Å²) in [6.07, 6.45) is 4.50. The maximum Gasteiger partial charge on any atom is 0.191 e. The zero-order valence-electron chi connectivity index (χ0n) is 15.9. The summed E-state index contributed by atoms with van der Waals surface area (Å²) in [5.74, 6) is 1.43. The van der Waals surface area contributed by atoms with E-state index in [-0.39, 0.29) is 5.82 Å². The number of nitrogens with one attached hydrogen (secondary N) is 3. The number of benzene rings is 1. The van der Waals surface area contributed by atoms with E-state index in [0.717, 1.165) is 40.2 Å². The van der Waals surface area contributed by atoms with Crippen molar-refractivity contribution < 1.29 is 4.39 Å². The van der Waals surface area contributed by atoms with Gasteiger partial charge in [0.25, 0.3) is 0 Å². The smallest absolute Gasteiger partial charge is 0.191 e. The highest BCUT2D eigenvalue weighted by atomic mass is 19.1. The molecule has 2 aromatic heterocycles. The average molecular weight is 368 g/mol. The molecule has 0 bridgehead atoms. The number of fused-ring (bicyclic) bond motifs is 1. The maximum atomic E-state index is 13.5. The Kier molecular flexibility index (Phi) is 5.90. The molecule has 0 saturated carbocycles. The van der Waals surface area contributed by atoms with Crippen LogP contribution in [-0.2, 0) is 13.0 Å². The molecule has 0 atom stereocenters. The van der Waals surface area contributed by atoms with Crippen molar-refractivity contribution in [2.75, 3.05) is 32.6 Å². The van der Waals surface area contributed by atoms with Crippen LogP contribution in [0.5, 0.6) is 0 Å². The van der Waals surface area contributed by atoms with E-state index in [1.165, 1.54) is 6.07 Å². The van der Waals surface area contributed by atoms with Crippen LogP contribution in [0.4, 0.5) is 10.2 Å². The third kappa shape index (κ3) is 4.75. The number of rotatable bonds is 6. The van der Waals surface area contributed by atoms with Gasteiger partial charge in [0.1, 0.15) is 11.6 Å². The molecule has 2 heterocycles. The van der Waals surface area contributed by atoms with Gasteiger partial charge >= 0.3 is 0 Å². The quantitative estimate of drug-likeness (QED) is 0.462. The molecule has 0 saturated heterocycles. The van der Waals surface area contributed by atoms with Crippen LogP contribution in [0.2, 0.25) is 0 Å². The SMILES string of the molecule is CN=C(NCCc1c[nH]c2ccc(F)cc12)NCc1ccnc(N(C)C)c1. The van der Waals surface area contributed by atoms with E-state index in [9.17, 15) is 4.39 Å². The number of hydrogen-bond donors (Lipinski definition) is 3. The highest BCUT2D eigenvalue weighted by molar-refractivity contribution is 5.83. The van der Waals surface area contributed by atoms with Gasteiger partial charge in [0, 0.05) is 57.5 Å². The molecular weight excluding hydrogens is 343 g/mol. The molecule has 0 amide bonds. The molecule has 0 unspecified atom stereocenters. The number of H-pyrrole nitrogens is 1. The molecular formula is C20H25FN6. The fraction of sp³-hybridized carbons (Fsp3) is 0.300. The molecule has 3 N–H and O–H groups in total. The lowest BCUT2D eigenvalue weighted by atomic mass is 10.1. The van der Waals surface area contributed by atoms with Crippen molar-refractivity contribution in [3.05, 3.63) is 59.7 Å². The predicted octanol–water partition coefficient (Wildman–Crippen LogP) is 2.68. The Balaban J connectivity index is 1.53. The number of aliphatic imine (C=N–C) groups is 1. The van der Waals surface area contributed by atoms with E-state index in [1.807, 2.05) is 37.3 Å². The number of hydrogen-bond acceptors (Lipinski definition) is 3. The first-order valence-electron chi connectivity index (χ1n) is 8.89. The minimum Gasteiger partial charge on any atom is -0.363 e. The van der Waals surface area contributed by atoms with E-state index in [0.29, 0.717) is 13.1 Å². The Bertz CT molecular complexity index is 931. The molecule has 0 radical (unpaired) electrons. The average Bonchev–Trinajstić information content (AvgIpc) is 3.06. The first kappa shape index (κ1) is 18.7. The molecule has 0 spiro atoms. The van der Waals surface area contributed by atoms with Gasteiger partial charge in [-0.05, 0) is 47.9 Å². The lowest BCUT2D eigenvalue weighted by Gasteiger charge is -2.14. The zero-order chi connectivity index (χ0) is 19.2. The second-order valence-corrected chi connectivity index (χ2v) is 6.52. The second-order valence-electron chi connectivity index (χ2n) is 6.52. The summed E-state index contributed by atoms with van der Waals surface area (Å²) >= 11 is 0. The van der Waals surface area contributed by atoms with Crippen LogP contribution in [0.3, 0.4) is 0 Å². The summed E-state index contributed by atoms with van der Waals surface area (Å²) in [6.45, 7) is 1.35. The molecule has 7 heteroatoms. The van der Waals surface area contributed by atoms with Gasteiger partial charge in [0.05, 0.1) is 0 Å². The van der Waals surface area contributed by atoms with Gasteiger partial charge < -0.3 is 20.5 Å². The van der Waals surface area contributed by atoms with E-state index in [1.54, 1.807) is 25.4 Å². The number of halogens is 1. The Morgan fingerprint density at radius 1 is 1.22 bits per heavy atom. The lowest BCUT2D eigenvalue weighted by Crippen LogP contribution is -2.37. The van der Waals surface area contributed by atoms with Crippen molar-refractivity contribution in [1.29, 1.82) is 0 Å². The standard InChI is InChI=1S/C20H25FN6/c1-22-20(26-12-14-6-8-23-19(10-14)27(2)3)24-9-7-15-13-25-18-5-4-16(21)11-17(15)18/h4-6,8,10-11,13,25H,7,9,12H2,1-3H3,(H2,22,24,26). The fourth-order valence-corrected chi connectivity index (χ4v) is 2.89. The van der Waals surface area contributed by atoms with Crippen molar-refractivity contribution in [1.82, 2.24) is 20.6 Å². The maximum absolute atomic E-state index is 13.5. The zero-order valence-corrected chi connectivity index (χ0v) is 15.9. The first-order chi connectivity index (χ1) is 13.1. The summed E-state index contributed by atoms with van der Waals surface area (Å²) in [6, 6.07) is 8.82. The molecule has 0 aliphatic heterocycles. The Morgan fingerprint density at radius 3 is 2.85 bits per heavy atom. The van der Waals surface area contributed by atoms with Gasteiger partial charge in [0.15, 0.2) is 5.96 Å². The molecule has 0 aliphatic carbocycles. The molecule has 1 aromatic carbocycles. The van der Waals surface area contributed by atoms with Gasteiger partial charge in [-0.3, -0.25) is 4.99 Å². The largest absolute Gasteiger partial charge is 0.363 e. The molecule has 27 heavy (non-hydrogen) atoms. The Morgan fingerprint density at radius 2 is 2.07 bits per heavy atom. The molecule has 0 fully saturated rings. The number of anilines is 1. The second kappa shape index (κ2) is 8.53. The van der Waals surface area contributed by atoms with E-state index < -0.39 is 0 Å². The van der Waals surface area contributed by atoms with Gasteiger partial charge in [0.2, 0.25) is 0 Å². The number of guanidine groups is 1. The summed E-state index contributed by atoms with van der Waals surface area (Å²) in [4.78, 5) is 13.7. The molecule has 0 aliphatic rings. The highest BCUT2D eigenvalue weighted by Crippen LogP contribution is 2.19. The normalized spacial score (nSPS) is 11.6. The number of aromatic amines is 1. The molecule has 6 nitrogen and oxygen atoms in total. The highest BCUT2D eigenvalue weighted by Gasteiger charge is 2.06. The monoisotopic (exact) mass is 368 g/mol. The molecule has 142 valence electrons.